The summed E-state index contributed by atoms with van der Waals surface area (Å²) in [5.41, 5.74) is 1.35. The highest BCUT2D eigenvalue weighted by molar-refractivity contribution is 5.99. The Balaban J connectivity index is 1.60. The summed E-state index contributed by atoms with van der Waals surface area (Å²) in [7, 11) is 0. The third-order valence-corrected chi connectivity index (χ3v) is 7.57. The predicted octanol–water partition coefficient (Wildman–Crippen LogP) is 4.15. The van der Waals surface area contributed by atoms with Gasteiger partial charge in [-0.2, -0.15) is 26.3 Å². The van der Waals surface area contributed by atoms with Gasteiger partial charge in [-0.15, -0.1) is 0 Å². The molecule has 2 aromatic rings. The number of primary amides is 1. The Morgan fingerprint density at radius 1 is 1.08 bits per heavy atom. The van der Waals surface area contributed by atoms with Crippen LogP contribution in [-0.4, -0.2) is 46.5 Å². The molecule has 2 aliphatic heterocycles. The Morgan fingerprint density at radius 3 is 2.32 bits per heavy atom. The van der Waals surface area contributed by atoms with E-state index in [1.54, 1.807) is 0 Å². The number of piperidine rings is 1. The normalized spacial score (nSPS) is 26.4. The lowest BCUT2D eigenvalue weighted by atomic mass is 9.76. The number of alkyl halides is 6. The molecule has 13 heteroatoms. The van der Waals surface area contributed by atoms with Gasteiger partial charge in [0.25, 0.3) is 5.91 Å². The van der Waals surface area contributed by atoms with E-state index in [0.29, 0.717) is 12.1 Å². The number of halogens is 7. The quantitative estimate of drug-likeness (QED) is 0.588. The van der Waals surface area contributed by atoms with E-state index in [1.807, 2.05) is 0 Å². The van der Waals surface area contributed by atoms with E-state index in [-0.39, 0.29) is 37.5 Å². The molecule has 2 N–H and O–H groups in total. The van der Waals surface area contributed by atoms with Crippen LogP contribution in [0.25, 0.3) is 0 Å². The molecule has 1 aromatic heterocycles. The number of benzene rings is 1. The Labute approximate surface area is 205 Å². The van der Waals surface area contributed by atoms with Gasteiger partial charge in [-0.05, 0) is 48.6 Å². The van der Waals surface area contributed by atoms with E-state index >= 15 is 4.39 Å². The molecule has 1 aliphatic carbocycles. The highest BCUT2D eigenvalue weighted by Crippen LogP contribution is 2.67. The summed E-state index contributed by atoms with van der Waals surface area (Å²) in [6, 6.07) is 2.57. The minimum Gasteiger partial charge on any atom is -0.381 e. The predicted molar refractivity (Wildman–Crippen MR) is 112 cm³/mol. The van der Waals surface area contributed by atoms with Crippen molar-refractivity contribution >= 4 is 11.8 Å². The number of hydrogen-bond donors (Lipinski definition) is 1. The average molecular weight is 531 g/mol. The van der Waals surface area contributed by atoms with Gasteiger partial charge in [0.2, 0.25) is 5.91 Å². The number of carbonyl (C=O) groups excluding carboxylic acids is 2. The average Bonchev–Trinajstić information content (AvgIpc) is 3.39. The molecule has 3 fully saturated rings. The summed E-state index contributed by atoms with van der Waals surface area (Å²) in [5.74, 6) is -4.57. The van der Waals surface area contributed by atoms with Gasteiger partial charge >= 0.3 is 12.4 Å². The fraction of sp³-hybridized carbons (Fsp3) is 0.458. The number of likely N-dealkylation sites (tertiary alicyclic amines) is 1. The van der Waals surface area contributed by atoms with E-state index in [2.05, 4.69) is 4.98 Å². The molecule has 2 amide bonds. The van der Waals surface area contributed by atoms with Crippen molar-refractivity contribution < 1.29 is 45.1 Å². The molecule has 3 unspecified atom stereocenters. The summed E-state index contributed by atoms with van der Waals surface area (Å²) in [4.78, 5) is 30.4. The summed E-state index contributed by atoms with van der Waals surface area (Å²) >= 11 is 0. The molecule has 37 heavy (non-hydrogen) atoms. The maximum atomic E-state index is 15.2. The lowest BCUT2D eigenvalue weighted by molar-refractivity contribution is -0.141. The molecule has 0 spiro atoms. The molecule has 3 aliphatic rings. The second kappa shape index (κ2) is 8.40. The molecule has 6 nitrogen and oxygen atoms in total. The van der Waals surface area contributed by atoms with Gasteiger partial charge in [0, 0.05) is 23.6 Å². The van der Waals surface area contributed by atoms with Crippen LogP contribution in [0.3, 0.4) is 0 Å². The van der Waals surface area contributed by atoms with Crippen LogP contribution < -0.4 is 5.73 Å². The van der Waals surface area contributed by atoms with Gasteiger partial charge in [-0.25, -0.2) is 4.39 Å². The number of amides is 2. The Hall–Kier alpha value is -3.22. The van der Waals surface area contributed by atoms with Crippen molar-refractivity contribution in [2.24, 2.45) is 17.6 Å². The smallest absolute Gasteiger partial charge is 0.381 e. The van der Waals surface area contributed by atoms with Crippen molar-refractivity contribution in [3.63, 3.8) is 0 Å². The number of hydrogen-bond acceptors (Lipinski definition) is 4. The van der Waals surface area contributed by atoms with Crippen molar-refractivity contribution in [1.82, 2.24) is 9.88 Å². The maximum absolute atomic E-state index is 15.2. The number of fused-ring (bicyclic) bond motifs is 1. The third kappa shape index (κ3) is 4.12. The van der Waals surface area contributed by atoms with Crippen LogP contribution in [0, 0.1) is 17.7 Å². The van der Waals surface area contributed by atoms with Crippen LogP contribution in [0.5, 0.6) is 0 Å². The van der Waals surface area contributed by atoms with Crippen LogP contribution in [0.15, 0.2) is 36.5 Å². The van der Waals surface area contributed by atoms with E-state index in [4.69, 9.17) is 10.5 Å². The highest BCUT2D eigenvalue weighted by Gasteiger charge is 2.72. The first-order valence-corrected chi connectivity index (χ1v) is 11.4. The number of ether oxygens (including phenoxy) is 1. The molecule has 5 rings (SSSR count). The fourth-order valence-corrected chi connectivity index (χ4v) is 5.88. The van der Waals surface area contributed by atoms with E-state index in [1.165, 1.54) is 0 Å². The molecule has 2 saturated heterocycles. The molecule has 4 atom stereocenters. The first kappa shape index (κ1) is 25.4. The summed E-state index contributed by atoms with van der Waals surface area (Å²) < 4.78 is 99.7. The van der Waals surface area contributed by atoms with Crippen molar-refractivity contribution in [2.75, 3.05) is 13.2 Å². The number of pyridine rings is 1. The van der Waals surface area contributed by atoms with Crippen molar-refractivity contribution in [2.45, 2.75) is 42.7 Å². The van der Waals surface area contributed by atoms with Crippen LogP contribution in [0.4, 0.5) is 30.7 Å². The van der Waals surface area contributed by atoms with Crippen LogP contribution in [0.2, 0.25) is 0 Å². The van der Waals surface area contributed by atoms with Crippen LogP contribution in [-0.2, 0) is 21.9 Å². The number of rotatable bonds is 5. The third-order valence-electron chi connectivity index (χ3n) is 7.57. The zero-order chi connectivity index (χ0) is 26.9. The van der Waals surface area contributed by atoms with Gasteiger partial charge in [0.15, 0.2) is 0 Å². The summed E-state index contributed by atoms with van der Waals surface area (Å²) in [6.07, 6.45) is -8.42. The van der Waals surface area contributed by atoms with E-state index < -0.39 is 70.2 Å². The number of carbonyl (C=O) groups is 2. The maximum Gasteiger partial charge on any atom is 0.433 e. The van der Waals surface area contributed by atoms with Crippen molar-refractivity contribution in [3.8, 4) is 0 Å². The molecular weight excluding hydrogens is 511 g/mol. The van der Waals surface area contributed by atoms with Crippen molar-refractivity contribution in [1.29, 1.82) is 0 Å². The first-order valence-electron chi connectivity index (χ1n) is 11.4. The van der Waals surface area contributed by atoms with Gasteiger partial charge in [-0.1, -0.05) is 6.07 Å². The monoisotopic (exact) mass is 531 g/mol. The highest BCUT2D eigenvalue weighted by atomic mass is 19.4. The first-order chi connectivity index (χ1) is 17.2. The van der Waals surface area contributed by atoms with Gasteiger partial charge in [-0.3, -0.25) is 14.6 Å². The zero-order valence-corrected chi connectivity index (χ0v) is 18.9. The van der Waals surface area contributed by atoms with E-state index in [0.717, 1.165) is 29.3 Å². The number of aromatic nitrogens is 1. The van der Waals surface area contributed by atoms with Crippen molar-refractivity contribution in [3.05, 3.63) is 64.7 Å². The minimum atomic E-state index is -4.83. The lowest BCUT2D eigenvalue weighted by Gasteiger charge is -2.44. The molecular formula is C24H20F7N3O3. The Bertz CT molecular complexity index is 1260. The molecule has 0 bridgehead atoms. The minimum absolute atomic E-state index is 0.0857. The summed E-state index contributed by atoms with van der Waals surface area (Å²) in [5, 5.41) is 0. The second-order valence-corrected chi connectivity index (χ2v) is 9.66. The number of nitrogens with two attached hydrogens (primary N) is 1. The van der Waals surface area contributed by atoms with Crippen LogP contribution in [0.1, 0.15) is 45.9 Å². The molecule has 1 aromatic carbocycles. The summed E-state index contributed by atoms with van der Waals surface area (Å²) in [6.45, 7) is 0.271. The molecule has 3 heterocycles. The van der Waals surface area contributed by atoms with Gasteiger partial charge < -0.3 is 15.4 Å². The largest absolute Gasteiger partial charge is 0.433 e. The zero-order valence-electron chi connectivity index (χ0n) is 18.9. The van der Waals surface area contributed by atoms with Gasteiger partial charge in [0.1, 0.15) is 17.6 Å². The Kier molecular flexibility index (Phi) is 5.77. The standard InChI is InChI=1S/C24H20F7N3O3/c25-16-6-13(23(26,27)28)1-2-15(16)19(12-9-37-10-12)22-8-14(22)7-17(20(32)35)34(22)21(36)11-3-4-33-18(5-11)24(29,30)31/h1-6,12,14,17,19H,7-10H2,(H2,32,35)/t14?,17?,19-,22?/m1/s1. The number of nitrogens with zero attached hydrogens (tertiary/aromatic N) is 2. The lowest BCUT2D eigenvalue weighted by Crippen LogP contribution is -2.55. The molecule has 198 valence electrons. The van der Waals surface area contributed by atoms with Gasteiger partial charge in [0.05, 0.1) is 24.3 Å². The topological polar surface area (TPSA) is 85.5 Å². The SMILES string of the molecule is NC(=O)C1CC2CC2([C@@H](c2ccc(C(F)(F)F)cc2F)C2COC2)N1C(=O)c1ccnc(C(F)(F)F)c1. The van der Waals surface area contributed by atoms with E-state index in [9.17, 15) is 35.9 Å². The molecule has 0 radical (unpaired) electrons. The Morgan fingerprint density at radius 2 is 1.78 bits per heavy atom. The second-order valence-electron chi connectivity index (χ2n) is 9.66. The fourth-order valence-electron chi connectivity index (χ4n) is 5.88. The molecule has 1 saturated carbocycles. The van der Waals surface area contributed by atoms with Crippen LogP contribution >= 0.6 is 0 Å².